The van der Waals surface area contributed by atoms with E-state index in [1.165, 1.54) is 96.2 Å². The third-order valence-electron chi connectivity index (χ3n) is 11.2. The molecule has 0 saturated carbocycles. The van der Waals surface area contributed by atoms with E-state index in [0.717, 1.165) is 25.7 Å². The number of benzene rings is 5. The first kappa shape index (κ1) is 35.6. The molecule has 2 aliphatic rings. The van der Waals surface area contributed by atoms with Gasteiger partial charge in [-0.25, -0.2) is 0 Å². The largest absolute Gasteiger partial charge is 4.00 e. The van der Waals surface area contributed by atoms with Gasteiger partial charge in [-0.2, -0.15) is 25.0 Å². The van der Waals surface area contributed by atoms with Crippen LogP contribution in [0.1, 0.15) is 72.9 Å². The van der Waals surface area contributed by atoms with Gasteiger partial charge in [0.2, 0.25) is 0 Å². The van der Waals surface area contributed by atoms with E-state index in [2.05, 4.69) is 139 Å². The van der Waals surface area contributed by atoms with Crippen LogP contribution in [-0.4, -0.2) is 8.07 Å². The van der Waals surface area contributed by atoms with E-state index in [1.807, 2.05) is 0 Å². The molecule has 7 aromatic rings. The quantitative estimate of drug-likeness (QED) is 0.125. The van der Waals surface area contributed by atoms with E-state index in [0.29, 0.717) is 0 Å². The van der Waals surface area contributed by atoms with Crippen molar-refractivity contribution in [3.05, 3.63) is 138 Å². The fourth-order valence-electron chi connectivity index (χ4n) is 8.94. The molecule has 0 radical (unpaired) electrons. The Bertz CT molecular complexity index is 2120. The number of hydrogen-bond acceptors (Lipinski definition) is 0. The van der Waals surface area contributed by atoms with Gasteiger partial charge >= 0.3 is 21.7 Å². The molecule has 0 nitrogen and oxygen atoms in total. The van der Waals surface area contributed by atoms with Crippen LogP contribution in [0.2, 0.25) is 6.55 Å². The van der Waals surface area contributed by atoms with Crippen molar-refractivity contribution >= 4 is 66.7 Å². The third-order valence-corrected chi connectivity index (χ3v) is 16.0. The van der Waals surface area contributed by atoms with Gasteiger partial charge in [0.25, 0.3) is 0 Å². The van der Waals surface area contributed by atoms with E-state index in [4.69, 9.17) is 0 Å². The molecule has 2 aliphatic carbocycles. The van der Waals surface area contributed by atoms with Crippen molar-refractivity contribution in [2.75, 3.05) is 0 Å². The Morgan fingerprint density at radius 3 is 1.37 bits per heavy atom. The zero-order valence-corrected chi connectivity index (χ0v) is 32.8. The van der Waals surface area contributed by atoms with Crippen molar-refractivity contribution in [1.82, 2.24) is 0 Å². The average molecular weight is 691 g/mol. The van der Waals surface area contributed by atoms with Gasteiger partial charge in [-0.15, -0.1) is 55.2 Å². The van der Waals surface area contributed by atoms with Crippen LogP contribution in [0.4, 0.5) is 0 Å². The van der Waals surface area contributed by atoms with E-state index in [1.54, 1.807) is 21.5 Å². The van der Waals surface area contributed by atoms with Gasteiger partial charge in [-0.1, -0.05) is 141 Å². The zero-order valence-electron chi connectivity index (χ0n) is 30.2. The van der Waals surface area contributed by atoms with Gasteiger partial charge in [-0.05, 0) is 47.6 Å². The zero-order chi connectivity index (χ0) is 33.6. The van der Waals surface area contributed by atoms with Gasteiger partial charge in [0.15, 0.2) is 0 Å². The van der Waals surface area contributed by atoms with Crippen LogP contribution in [-0.2, 0) is 47.4 Å². The smallest absolute Gasteiger partial charge is 0.343 e. The maximum atomic E-state index is 3.60. The number of unbranched alkanes of at least 4 members (excludes halogenated alkanes) is 2. The molecule has 246 valence electrons. The van der Waals surface area contributed by atoms with Gasteiger partial charge in [-0.3, -0.25) is 0 Å². The van der Waals surface area contributed by atoms with Crippen LogP contribution in [0.15, 0.2) is 91.0 Å². The minimum absolute atomic E-state index is 0. The Morgan fingerprint density at radius 1 is 0.551 bits per heavy atom. The summed E-state index contributed by atoms with van der Waals surface area (Å²) < 4.78 is 0. The molecule has 9 rings (SSSR count). The Labute approximate surface area is 310 Å². The van der Waals surface area contributed by atoms with E-state index in [-0.39, 0.29) is 21.7 Å². The molecule has 0 fully saturated rings. The Morgan fingerprint density at radius 2 is 0.959 bits per heavy atom. The topological polar surface area (TPSA) is 0 Å². The average Bonchev–Trinajstić information content (AvgIpc) is 3.90. The SMILES string of the molecule is Cc1cc2c3cccc4c3c(cc2[c-]1[Si](C)(c1ccccc1)[c-]1c(C)cc2c3cccc5c3c(cc21)CC5)CC4.[CH2-]CCC.[CH2-]CCC.[Ti+4]. The third kappa shape index (κ3) is 5.81. The fourth-order valence-corrected chi connectivity index (χ4v) is 13.8. The van der Waals surface area contributed by atoms with Crippen molar-refractivity contribution < 1.29 is 21.7 Å². The Hall–Kier alpha value is -3.23. The summed E-state index contributed by atoms with van der Waals surface area (Å²) in [6.07, 6.45) is 9.22. The van der Waals surface area contributed by atoms with Crippen molar-refractivity contribution in [1.29, 1.82) is 0 Å². The predicted octanol–water partition coefficient (Wildman–Crippen LogP) is 10.9. The standard InChI is InChI=1S/C39H32Si.2C4H9.Ti/c1-23-19-32-30-13-7-9-25-15-17-27(36(25)30)21-34(32)38(23)40(3,29-11-5-4-6-12-29)39-24(2)20-33-31-14-8-10-26-16-18-28(37(26)31)22-35(33)39;2*1-3-4-2;/h4-14,19-22H,15-18H2,1-3H3;2*1,3-4H2,2H3;/q-2;2*-1;+4. The number of fused-ring (bicyclic) bond motifs is 4. The van der Waals surface area contributed by atoms with Crippen molar-refractivity contribution in [2.24, 2.45) is 0 Å². The second kappa shape index (κ2) is 14.6. The van der Waals surface area contributed by atoms with E-state index in [9.17, 15) is 0 Å². The van der Waals surface area contributed by atoms with Crippen molar-refractivity contribution in [3.63, 3.8) is 0 Å². The fraction of sp³-hybridized carbons (Fsp3) is 0.277. The van der Waals surface area contributed by atoms with Crippen LogP contribution in [0.25, 0.3) is 43.1 Å². The van der Waals surface area contributed by atoms with Crippen molar-refractivity contribution in [2.45, 2.75) is 85.6 Å². The predicted molar refractivity (Wildman–Crippen MR) is 216 cm³/mol. The van der Waals surface area contributed by atoms with Crippen LogP contribution >= 0.6 is 0 Å². The normalized spacial score (nSPS) is 13.0. The molecule has 0 heterocycles. The molecular weight excluding hydrogens is 640 g/mol. The Kier molecular flexibility index (Phi) is 10.6. The first-order valence-electron chi connectivity index (χ1n) is 18.3. The summed E-state index contributed by atoms with van der Waals surface area (Å²) in [5.41, 5.74) is 9.06. The van der Waals surface area contributed by atoms with Crippen LogP contribution in [0, 0.1) is 27.7 Å². The van der Waals surface area contributed by atoms with Gasteiger partial charge in [0.1, 0.15) is 0 Å². The summed E-state index contributed by atoms with van der Waals surface area (Å²) in [6.45, 7) is 18.9. The number of aryl methyl sites for hydroxylation is 6. The molecule has 0 unspecified atom stereocenters. The maximum Gasteiger partial charge on any atom is 4.00 e. The van der Waals surface area contributed by atoms with Crippen LogP contribution in [0.5, 0.6) is 0 Å². The monoisotopic (exact) mass is 690 g/mol. The van der Waals surface area contributed by atoms with E-state index < -0.39 is 8.07 Å². The maximum absolute atomic E-state index is 3.60. The summed E-state index contributed by atoms with van der Waals surface area (Å²) in [6, 6.07) is 35.7. The summed E-state index contributed by atoms with van der Waals surface area (Å²) >= 11 is 0. The summed E-state index contributed by atoms with van der Waals surface area (Å²) in [4.78, 5) is 0. The summed E-state index contributed by atoms with van der Waals surface area (Å²) in [5.74, 6) is 0. The number of rotatable bonds is 5. The minimum atomic E-state index is -2.40. The first-order valence-corrected chi connectivity index (χ1v) is 20.8. The molecule has 0 aliphatic heterocycles. The molecule has 2 heteroatoms. The van der Waals surface area contributed by atoms with Gasteiger partial charge < -0.3 is 13.8 Å². The van der Waals surface area contributed by atoms with Crippen LogP contribution in [0.3, 0.4) is 0 Å². The summed E-state index contributed by atoms with van der Waals surface area (Å²) in [5, 5.41) is 16.6. The second-order valence-electron chi connectivity index (χ2n) is 14.3. The molecule has 49 heavy (non-hydrogen) atoms. The number of hydrogen-bond donors (Lipinski definition) is 0. The molecule has 7 aromatic carbocycles. The van der Waals surface area contributed by atoms with E-state index >= 15 is 0 Å². The van der Waals surface area contributed by atoms with Gasteiger partial charge in [0.05, 0.1) is 8.07 Å². The molecule has 0 amide bonds. The van der Waals surface area contributed by atoms with Crippen LogP contribution < -0.4 is 15.6 Å². The molecule has 0 saturated heterocycles. The first-order chi connectivity index (χ1) is 23.4. The molecule has 0 aromatic heterocycles. The molecular formula is C47H50SiTi. The van der Waals surface area contributed by atoms with Gasteiger partial charge in [0, 0.05) is 0 Å². The molecule has 0 atom stereocenters. The molecule has 0 N–H and O–H groups in total. The molecule has 0 spiro atoms. The van der Waals surface area contributed by atoms with Crippen molar-refractivity contribution in [3.8, 4) is 0 Å². The summed E-state index contributed by atoms with van der Waals surface area (Å²) in [7, 11) is -2.40. The Balaban J connectivity index is 0.000000422. The molecule has 0 bridgehead atoms. The second-order valence-corrected chi connectivity index (χ2v) is 18.1. The minimum Gasteiger partial charge on any atom is -0.343 e.